The summed E-state index contributed by atoms with van der Waals surface area (Å²) in [6, 6.07) is 8.32. The number of benzene rings is 1. The molecule has 0 saturated carbocycles. The molecule has 0 bridgehead atoms. The summed E-state index contributed by atoms with van der Waals surface area (Å²) in [5.41, 5.74) is 1.89. The van der Waals surface area contributed by atoms with E-state index in [2.05, 4.69) is 36.5 Å². The number of nitrogens with zero attached hydrogens (tertiary/aromatic N) is 1. The van der Waals surface area contributed by atoms with Gasteiger partial charge in [-0.2, -0.15) is 0 Å². The topological polar surface area (TPSA) is 32.3 Å². The van der Waals surface area contributed by atoms with E-state index in [4.69, 9.17) is 0 Å². The summed E-state index contributed by atoms with van der Waals surface area (Å²) in [6.07, 6.45) is 1.11. The summed E-state index contributed by atoms with van der Waals surface area (Å²) >= 11 is 0. The van der Waals surface area contributed by atoms with Crippen LogP contribution in [0.5, 0.6) is 0 Å². The zero-order valence-corrected chi connectivity index (χ0v) is 14.3. The van der Waals surface area contributed by atoms with E-state index in [1.807, 2.05) is 25.8 Å². The molecule has 1 aliphatic rings. The van der Waals surface area contributed by atoms with Crippen LogP contribution in [0.1, 0.15) is 31.4 Å². The van der Waals surface area contributed by atoms with Crippen molar-refractivity contribution in [2.45, 2.75) is 32.6 Å². The van der Waals surface area contributed by atoms with Gasteiger partial charge < -0.3 is 10.2 Å². The van der Waals surface area contributed by atoms with Gasteiger partial charge in [-0.05, 0) is 52.3 Å². The van der Waals surface area contributed by atoms with Crippen LogP contribution in [-0.4, -0.2) is 37.5 Å². The van der Waals surface area contributed by atoms with Gasteiger partial charge in [-0.3, -0.25) is 4.79 Å². The molecule has 1 aliphatic heterocycles. The van der Waals surface area contributed by atoms with E-state index in [0.29, 0.717) is 5.92 Å². The van der Waals surface area contributed by atoms with Gasteiger partial charge in [0.15, 0.2) is 0 Å². The Bertz CT molecular complexity index is 470. The minimum atomic E-state index is -0.442. The maximum atomic E-state index is 12.8. The number of aryl methyl sites for hydroxylation is 1. The van der Waals surface area contributed by atoms with Gasteiger partial charge in [-0.1, -0.05) is 29.8 Å². The van der Waals surface area contributed by atoms with E-state index >= 15 is 0 Å². The fourth-order valence-electron chi connectivity index (χ4n) is 2.96. The standard InChI is InChI=1S/C17H26N2O.ClH/c1-13-5-7-15(8-6-13)17(2,3)16(20)19-10-9-14(12-19)11-18-4;/h5-8,14,18H,9-12H2,1-4H3;1H. The van der Waals surface area contributed by atoms with E-state index < -0.39 is 5.41 Å². The molecule has 1 heterocycles. The van der Waals surface area contributed by atoms with Gasteiger partial charge in [0.05, 0.1) is 5.41 Å². The van der Waals surface area contributed by atoms with Crippen LogP contribution in [-0.2, 0) is 10.2 Å². The zero-order chi connectivity index (χ0) is 14.8. The highest BCUT2D eigenvalue weighted by Crippen LogP contribution is 2.28. The third-order valence-electron chi connectivity index (χ3n) is 4.37. The SMILES string of the molecule is CNCC1CCN(C(=O)C(C)(C)c2ccc(C)cc2)C1.Cl. The molecular formula is C17H27ClN2O. The van der Waals surface area contributed by atoms with Gasteiger partial charge in [0.2, 0.25) is 5.91 Å². The van der Waals surface area contributed by atoms with E-state index in [1.165, 1.54) is 5.56 Å². The molecule has 118 valence electrons. The molecule has 21 heavy (non-hydrogen) atoms. The lowest BCUT2D eigenvalue weighted by Gasteiger charge is -2.30. The van der Waals surface area contributed by atoms with Crippen LogP contribution in [0.2, 0.25) is 0 Å². The smallest absolute Gasteiger partial charge is 0.232 e. The normalized spacial score (nSPS) is 18.5. The predicted octanol–water partition coefficient (Wildman–Crippen LogP) is 2.76. The monoisotopic (exact) mass is 310 g/mol. The molecule has 1 amide bonds. The van der Waals surface area contributed by atoms with Crippen molar-refractivity contribution in [2.24, 2.45) is 5.92 Å². The first kappa shape index (κ1) is 18.0. The van der Waals surface area contributed by atoms with Crippen LogP contribution in [0, 0.1) is 12.8 Å². The first-order chi connectivity index (χ1) is 9.45. The minimum absolute atomic E-state index is 0. The van der Waals surface area contributed by atoms with Crippen LogP contribution >= 0.6 is 12.4 Å². The van der Waals surface area contributed by atoms with Gasteiger partial charge >= 0.3 is 0 Å². The minimum Gasteiger partial charge on any atom is -0.342 e. The molecule has 1 atom stereocenters. The van der Waals surface area contributed by atoms with Crippen molar-refractivity contribution in [1.29, 1.82) is 0 Å². The van der Waals surface area contributed by atoms with Crippen molar-refractivity contribution in [3.63, 3.8) is 0 Å². The molecule has 1 fully saturated rings. The van der Waals surface area contributed by atoms with Crippen molar-refractivity contribution in [3.05, 3.63) is 35.4 Å². The number of halogens is 1. The molecule has 1 unspecified atom stereocenters. The summed E-state index contributed by atoms with van der Waals surface area (Å²) in [5.74, 6) is 0.845. The number of carbonyl (C=O) groups is 1. The Morgan fingerprint density at radius 3 is 2.52 bits per heavy atom. The maximum Gasteiger partial charge on any atom is 0.232 e. The second-order valence-electron chi connectivity index (χ2n) is 6.45. The molecule has 0 spiro atoms. The van der Waals surface area contributed by atoms with Crippen molar-refractivity contribution >= 4 is 18.3 Å². The number of amides is 1. The van der Waals surface area contributed by atoms with Crippen LogP contribution < -0.4 is 5.32 Å². The highest BCUT2D eigenvalue weighted by Gasteiger charge is 2.36. The van der Waals surface area contributed by atoms with Crippen LogP contribution in [0.3, 0.4) is 0 Å². The molecule has 1 aromatic rings. The van der Waals surface area contributed by atoms with Crippen molar-refractivity contribution in [2.75, 3.05) is 26.7 Å². The Balaban J connectivity index is 0.00000220. The van der Waals surface area contributed by atoms with Gasteiger partial charge in [0.25, 0.3) is 0 Å². The van der Waals surface area contributed by atoms with Crippen LogP contribution in [0.25, 0.3) is 0 Å². The summed E-state index contributed by atoms with van der Waals surface area (Å²) in [6.45, 7) is 8.91. The quantitative estimate of drug-likeness (QED) is 0.927. The maximum absolute atomic E-state index is 12.8. The molecular weight excluding hydrogens is 284 g/mol. The average molecular weight is 311 g/mol. The number of hydrogen-bond donors (Lipinski definition) is 1. The van der Waals surface area contributed by atoms with Crippen molar-refractivity contribution in [3.8, 4) is 0 Å². The zero-order valence-electron chi connectivity index (χ0n) is 13.5. The van der Waals surface area contributed by atoms with Crippen LogP contribution in [0.4, 0.5) is 0 Å². The Morgan fingerprint density at radius 1 is 1.33 bits per heavy atom. The largest absolute Gasteiger partial charge is 0.342 e. The number of nitrogens with one attached hydrogen (secondary N) is 1. The lowest BCUT2D eigenvalue weighted by Crippen LogP contribution is -2.42. The summed E-state index contributed by atoms with van der Waals surface area (Å²) in [7, 11) is 1.97. The molecule has 1 N–H and O–H groups in total. The van der Waals surface area contributed by atoms with Crippen molar-refractivity contribution in [1.82, 2.24) is 10.2 Å². The third-order valence-corrected chi connectivity index (χ3v) is 4.37. The first-order valence-electron chi connectivity index (χ1n) is 7.46. The Labute approximate surface area is 134 Å². The second kappa shape index (κ2) is 7.28. The average Bonchev–Trinajstić information content (AvgIpc) is 2.87. The number of likely N-dealkylation sites (tertiary alicyclic amines) is 1. The van der Waals surface area contributed by atoms with Gasteiger partial charge in [-0.15, -0.1) is 12.4 Å². The molecule has 0 aromatic heterocycles. The Hall–Kier alpha value is -1.06. The molecule has 0 radical (unpaired) electrons. The fraction of sp³-hybridized carbons (Fsp3) is 0.588. The number of carbonyl (C=O) groups excluding carboxylic acids is 1. The first-order valence-corrected chi connectivity index (χ1v) is 7.46. The second-order valence-corrected chi connectivity index (χ2v) is 6.45. The number of hydrogen-bond acceptors (Lipinski definition) is 2. The molecule has 0 aliphatic carbocycles. The highest BCUT2D eigenvalue weighted by molar-refractivity contribution is 5.87. The molecule has 1 saturated heterocycles. The predicted molar refractivity (Wildman–Crippen MR) is 90.1 cm³/mol. The van der Waals surface area contributed by atoms with Gasteiger partial charge in [0.1, 0.15) is 0 Å². The van der Waals surface area contributed by atoms with E-state index in [9.17, 15) is 4.79 Å². The molecule has 2 rings (SSSR count). The van der Waals surface area contributed by atoms with E-state index in [-0.39, 0.29) is 18.3 Å². The molecule has 1 aromatic carbocycles. The van der Waals surface area contributed by atoms with Crippen LogP contribution in [0.15, 0.2) is 24.3 Å². The van der Waals surface area contributed by atoms with E-state index in [1.54, 1.807) is 0 Å². The third kappa shape index (κ3) is 3.98. The van der Waals surface area contributed by atoms with E-state index in [0.717, 1.165) is 31.6 Å². The summed E-state index contributed by atoms with van der Waals surface area (Å²) < 4.78 is 0. The molecule has 4 heteroatoms. The number of rotatable bonds is 4. The lowest BCUT2D eigenvalue weighted by molar-refractivity contribution is -0.135. The van der Waals surface area contributed by atoms with Gasteiger partial charge in [-0.25, -0.2) is 0 Å². The Morgan fingerprint density at radius 2 is 1.95 bits per heavy atom. The summed E-state index contributed by atoms with van der Waals surface area (Å²) in [5, 5.41) is 3.21. The fourth-order valence-corrected chi connectivity index (χ4v) is 2.96. The molecule has 3 nitrogen and oxygen atoms in total. The lowest BCUT2D eigenvalue weighted by atomic mass is 9.83. The summed E-state index contributed by atoms with van der Waals surface area (Å²) in [4.78, 5) is 14.8. The Kier molecular flexibility index (Phi) is 6.24. The van der Waals surface area contributed by atoms with Gasteiger partial charge in [0, 0.05) is 13.1 Å². The van der Waals surface area contributed by atoms with Crippen molar-refractivity contribution < 1.29 is 4.79 Å². The highest BCUT2D eigenvalue weighted by atomic mass is 35.5.